The summed E-state index contributed by atoms with van der Waals surface area (Å²) in [5, 5.41) is 0. The van der Waals surface area contributed by atoms with Crippen LogP contribution in [0.5, 0.6) is 0 Å². The lowest BCUT2D eigenvalue weighted by Crippen LogP contribution is -2.35. The minimum absolute atomic E-state index is 0.0108. The highest BCUT2D eigenvalue weighted by Gasteiger charge is 2.28. The molecular weight excluding hydrogens is 154 g/mol. The molecule has 0 heterocycles. The van der Waals surface area contributed by atoms with Gasteiger partial charge in [-0.3, -0.25) is 4.79 Å². The Morgan fingerprint density at radius 2 is 2.08 bits per heavy atom. The number of esters is 1. The van der Waals surface area contributed by atoms with Gasteiger partial charge in [-0.2, -0.15) is 0 Å². The van der Waals surface area contributed by atoms with Crippen molar-refractivity contribution >= 4 is 5.97 Å². The molecule has 0 aromatic rings. The summed E-state index contributed by atoms with van der Waals surface area (Å²) in [5.41, 5.74) is 4.87. The van der Waals surface area contributed by atoms with Gasteiger partial charge in [0.15, 0.2) is 0 Å². The second-order valence-electron chi connectivity index (χ2n) is 3.71. The van der Waals surface area contributed by atoms with E-state index in [0.717, 1.165) is 6.42 Å². The molecule has 0 amide bonds. The molecule has 0 aliphatic carbocycles. The molecule has 0 spiro atoms. The first kappa shape index (κ1) is 11.4. The topological polar surface area (TPSA) is 52.3 Å². The standard InChI is InChI=1S/C9H19NO2/c1-5-7(2)12-8(11)9(3,4)6-10/h7H,5-6,10H2,1-4H3. The third kappa shape index (κ3) is 3.22. The first-order valence-electron chi connectivity index (χ1n) is 4.35. The summed E-state index contributed by atoms with van der Waals surface area (Å²) in [6.45, 7) is 7.76. The van der Waals surface area contributed by atoms with Crippen LogP contribution < -0.4 is 5.73 Å². The number of carbonyl (C=O) groups is 1. The SMILES string of the molecule is CCC(C)OC(=O)C(C)(C)CN. The van der Waals surface area contributed by atoms with E-state index in [1.807, 2.05) is 13.8 Å². The van der Waals surface area contributed by atoms with Crippen molar-refractivity contribution in [1.82, 2.24) is 0 Å². The molecule has 0 aromatic carbocycles. The quantitative estimate of drug-likeness (QED) is 0.652. The molecule has 0 rings (SSSR count). The summed E-state index contributed by atoms with van der Waals surface area (Å²) in [6.07, 6.45) is 0.829. The largest absolute Gasteiger partial charge is 0.462 e. The van der Waals surface area contributed by atoms with Crippen molar-refractivity contribution < 1.29 is 9.53 Å². The molecule has 0 radical (unpaired) electrons. The van der Waals surface area contributed by atoms with Gasteiger partial charge in [-0.25, -0.2) is 0 Å². The predicted octanol–water partition coefficient (Wildman–Crippen LogP) is 1.31. The van der Waals surface area contributed by atoms with E-state index in [0.29, 0.717) is 6.54 Å². The first-order valence-corrected chi connectivity index (χ1v) is 4.35. The summed E-state index contributed by atoms with van der Waals surface area (Å²) in [6, 6.07) is 0. The van der Waals surface area contributed by atoms with Crippen LogP contribution in [0, 0.1) is 5.41 Å². The lowest BCUT2D eigenvalue weighted by Gasteiger charge is -2.22. The number of ether oxygens (including phenoxy) is 1. The zero-order valence-corrected chi connectivity index (χ0v) is 8.39. The van der Waals surface area contributed by atoms with Crippen LogP contribution in [-0.4, -0.2) is 18.6 Å². The van der Waals surface area contributed by atoms with Gasteiger partial charge in [0, 0.05) is 6.54 Å². The second-order valence-corrected chi connectivity index (χ2v) is 3.71. The molecule has 0 saturated heterocycles. The normalized spacial score (nSPS) is 14.1. The molecule has 2 N–H and O–H groups in total. The molecular formula is C9H19NO2. The Labute approximate surface area is 74.3 Å². The van der Waals surface area contributed by atoms with Crippen LogP contribution in [0.2, 0.25) is 0 Å². The van der Waals surface area contributed by atoms with E-state index in [4.69, 9.17) is 10.5 Å². The Bertz CT molecular complexity index is 155. The molecule has 0 bridgehead atoms. The number of nitrogens with two attached hydrogens (primary N) is 1. The monoisotopic (exact) mass is 173 g/mol. The maximum Gasteiger partial charge on any atom is 0.313 e. The molecule has 0 fully saturated rings. The Morgan fingerprint density at radius 1 is 1.58 bits per heavy atom. The Morgan fingerprint density at radius 3 is 2.42 bits per heavy atom. The van der Waals surface area contributed by atoms with E-state index in [9.17, 15) is 4.79 Å². The lowest BCUT2D eigenvalue weighted by molar-refractivity contribution is -0.158. The van der Waals surface area contributed by atoms with E-state index < -0.39 is 5.41 Å². The number of hydrogen-bond donors (Lipinski definition) is 1. The number of carbonyl (C=O) groups excluding carboxylic acids is 1. The predicted molar refractivity (Wildman–Crippen MR) is 48.7 cm³/mol. The van der Waals surface area contributed by atoms with Crippen LogP contribution in [0.3, 0.4) is 0 Å². The van der Waals surface area contributed by atoms with Crippen LogP contribution >= 0.6 is 0 Å². The van der Waals surface area contributed by atoms with Gasteiger partial charge in [0.2, 0.25) is 0 Å². The highest BCUT2D eigenvalue weighted by molar-refractivity contribution is 5.76. The van der Waals surface area contributed by atoms with Crippen LogP contribution in [0.15, 0.2) is 0 Å². The van der Waals surface area contributed by atoms with Gasteiger partial charge in [-0.1, -0.05) is 6.92 Å². The minimum atomic E-state index is -0.552. The second kappa shape index (κ2) is 4.45. The molecule has 72 valence electrons. The number of hydrogen-bond acceptors (Lipinski definition) is 3. The van der Waals surface area contributed by atoms with Crippen molar-refractivity contribution in [2.24, 2.45) is 11.1 Å². The Kier molecular flexibility index (Phi) is 4.24. The lowest BCUT2D eigenvalue weighted by atomic mass is 9.94. The summed E-state index contributed by atoms with van der Waals surface area (Å²) < 4.78 is 5.14. The van der Waals surface area contributed by atoms with Gasteiger partial charge in [0.1, 0.15) is 0 Å². The maximum atomic E-state index is 11.4. The van der Waals surface area contributed by atoms with Crippen LogP contribution in [0.4, 0.5) is 0 Å². The molecule has 3 nitrogen and oxygen atoms in total. The molecule has 0 aliphatic rings. The van der Waals surface area contributed by atoms with E-state index in [-0.39, 0.29) is 12.1 Å². The van der Waals surface area contributed by atoms with E-state index in [1.54, 1.807) is 13.8 Å². The van der Waals surface area contributed by atoms with Crippen molar-refractivity contribution in [3.8, 4) is 0 Å². The zero-order valence-electron chi connectivity index (χ0n) is 8.39. The fourth-order valence-corrected chi connectivity index (χ4v) is 0.509. The molecule has 1 unspecified atom stereocenters. The minimum Gasteiger partial charge on any atom is -0.462 e. The average molecular weight is 173 g/mol. The van der Waals surface area contributed by atoms with E-state index in [1.165, 1.54) is 0 Å². The van der Waals surface area contributed by atoms with Crippen molar-refractivity contribution in [3.05, 3.63) is 0 Å². The molecule has 0 aromatic heterocycles. The fourth-order valence-electron chi connectivity index (χ4n) is 0.509. The molecule has 3 heteroatoms. The molecule has 1 atom stereocenters. The average Bonchev–Trinajstić information content (AvgIpc) is 2.04. The van der Waals surface area contributed by atoms with Gasteiger partial charge in [0.25, 0.3) is 0 Å². The van der Waals surface area contributed by atoms with Crippen LogP contribution in [-0.2, 0) is 9.53 Å². The summed E-state index contributed by atoms with van der Waals surface area (Å²) >= 11 is 0. The summed E-state index contributed by atoms with van der Waals surface area (Å²) in [7, 11) is 0. The van der Waals surface area contributed by atoms with Gasteiger partial charge in [-0.15, -0.1) is 0 Å². The van der Waals surface area contributed by atoms with Gasteiger partial charge >= 0.3 is 5.97 Å². The zero-order chi connectivity index (χ0) is 9.78. The van der Waals surface area contributed by atoms with Crippen LogP contribution in [0.1, 0.15) is 34.1 Å². The molecule has 12 heavy (non-hydrogen) atoms. The van der Waals surface area contributed by atoms with Crippen molar-refractivity contribution in [2.45, 2.75) is 40.2 Å². The molecule has 0 aliphatic heterocycles. The van der Waals surface area contributed by atoms with E-state index in [2.05, 4.69) is 0 Å². The van der Waals surface area contributed by atoms with E-state index >= 15 is 0 Å². The highest BCUT2D eigenvalue weighted by Crippen LogP contribution is 2.16. The van der Waals surface area contributed by atoms with Crippen LogP contribution in [0.25, 0.3) is 0 Å². The van der Waals surface area contributed by atoms with Crippen molar-refractivity contribution in [3.63, 3.8) is 0 Å². The van der Waals surface area contributed by atoms with Gasteiger partial charge in [-0.05, 0) is 27.2 Å². The van der Waals surface area contributed by atoms with Crippen molar-refractivity contribution in [1.29, 1.82) is 0 Å². The third-order valence-electron chi connectivity index (χ3n) is 1.95. The van der Waals surface area contributed by atoms with Gasteiger partial charge in [0.05, 0.1) is 11.5 Å². The maximum absolute atomic E-state index is 11.4. The van der Waals surface area contributed by atoms with Crippen molar-refractivity contribution in [2.75, 3.05) is 6.54 Å². The summed E-state index contributed by atoms with van der Waals surface area (Å²) in [5.74, 6) is -0.209. The summed E-state index contributed by atoms with van der Waals surface area (Å²) in [4.78, 5) is 11.4. The smallest absolute Gasteiger partial charge is 0.313 e. The number of rotatable bonds is 4. The van der Waals surface area contributed by atoms with Gasteiger partial charge < -0.3 is 10.5 Å². The first-order chi connectivity index (χ1) is 5.44. The Hall–Kier alpha value is -0.570. The Balaban J connectivity index is 4.03. The third-order valence-corrected chi connectivity index (χ3v) is 1.95. The highest BCUT2D eigenvalue weighted by atomic mass is 16.5. The molecule has 0 saturated carbocycles. The fraction of sp³-hybridized carbons (Fsp3) is 0.889.